The highest BCUT2D eigenvalue weighted by Crippen LogP contribution is 2.23. The SMILES string of the molecule is CN(C)S(=O)(=O)C1=CCCC(OC/C(=C\F)CN)=C1. The average molecular weight is 290 g/mol. The van der Waals surface area contributed by atoms with Crippen LogP contribution in [0.4, 0.5) is 4.39 Å². The third-order valence-corrected chi connectivity index (χ3v) is 4.52. The lowest BCUT2D eigenvalue weighted by Gasteiger charge is -2.18. The first-order valence-electron chi connectivity index (χ1n) is 5.86. The number of rotatable bonds is 6. The highest BCUT2D eigenvalue weighted by molar-refractivity contribution is 7.93. The van der Waals surface area contributed by atoms with E-state index in [2.05, 4.69) is 0 Å². The predicted molar refractivity (Wildman–Crippen MR) is 72.2 cm³/mol. The smallest absolute Gasteiger partial charge is 0.242 e. The van der Waals surface area contributed by atoms with Crippen molar-refractivity contribution in [1.82, 2.24) is 4.31 Å². The van der Waals surface area contributed by atoms with E-state index >= 15 is 0 Å². The maximum Gasteiger partial charge on any atom is 0.242 e. The van der Waals surface area contributed by atoms with Gasteiger partial charge in [-0.3, -0.25) is 0 Å². The van der Waals surface area contributed by atoms with Crippen molar-refractivity contribution in [2.45, 2.75) is 12.8 Å². The van der Waals surface area contributed by atoms with E-state index in [1.165, 1.54) is 20.2 Å². The van der Waals surface area contributed by atoms with Crippen molar-refractivity contribution in [1.29, 1.82) is 0 Å². The summed E-state index contributed by atoms with van der Waals surface area (Å²) in [5, 5.41) is 0. The quantitative estimate of drug-likeness (QED) is 0.799. The van der Waals surface area contributed by atoms with Crippen LogP contribution >= 0.6 is 0 Å². The zero-order chi connectivity index (χ0) is 14.5. The van der Waals surface area contributed by atoms with Crippen LogP contribution in [-0.4, -0.2) is 40.0 Å². The molecule has 0 unspecified atom stereocenters. The minimum Gasteiger partial charge on any atom is -0.493 e. The van der Waals surface area contributed by atoms with E-state index in [4.69, 9.17) is 10.5 Å². The molecule has 2 N–H and O–H groups in total. The zero-order valence-electron chi connectivity index (χ0n) is 11.1. The molecule has 0 saturated heterocycles. The Morgan fingerprint density at radius 2 is 2.26 bits per heavy atom. The van der Waals surface area contributed by atoms with Gasteiger partial charge < -0.3 is 10.5 Å². The van der Waals surface area contributed by atoms with Crippen LogP contribution in [0.25, 0.3) is 0 Å². The van der Waals surface area contributed by atoms with Crippen LogP contribution in [0, 0.1) is 0 Å². The standard InChI is InChI=1S/C12H19FN2O3S/c1-15(2)19(16,17)12-5-3-4-11(6-12)18-9-10(7-13)8-14/h5-7H,3-4,8-9,14H2,1-2H3/b10-7-. The highest BCUT2D eigenvalue weighted by Gasteiger charge is 2.21. The molecule has 0 aromatic carbocycles. The molecule has 1 rings (SSSR count). The van der Waals surface area contributed by atoms with E-state index < -0.39 is 10.0 Å². The Balaban J connectivity index is 2.78. The second-order valence-corrected chi connectivity index (χ2v) is 6.46. The van der Waals surface area contributed by atoms with E-state index in [1.54, 1.807) is 6.08 Å². The monoisotopic (exact) mass is 290 g/mol. The van der Waals surface area contributed by atoms with Crippen LogP contribution in [0.1, 0.15) is 12.8 Å². The van der Waals surface area contributed by atoms with Gasteiger partial charge in [0, 0.05) is 32.6 Å². The van der Waals surface area contributed by atoms with Gasteiger partial charge in [0.05, 0.1) is 17.0 Å². The van der Waals surface area contributed by atoms with Crippen LogP contribution in [0.2, 0.25) is 0 Å². The summed E-state index contributed by atoms with van der Waals surface area (Å²) in [6.07, 6.45) is 4.71. The molecule has 0 saturated carbocycles. The average Bonchev–Trinajstić information content (AvgIpc) is 2.40. The second-order valence-electron chi connectivity index (χ2n) is 4.30. The minimum atomic E-state index is -3.46. The maximum absolute atomic E-state index is 12.3. The van der Waals surface area contributed by atoms with Crippen molar-refractivity contribution in [2.75, 3.05) is 27.2 Å². The molecule has 0 aliphatic heterocycles. The van der Waals surface area contributed by atoms with Crippen molar-refractivity contribution in [3.8, 4) is 0 Å². The number of nitrogens with two attached hydrogens (primary N) is 1. The summed E-state index contributed by atoms with van der Waals surface area (Å²) in [5.74, 6) is 0.524. The largest absolute Gasteiger partial charge is 0.493 e. The number of nitrogens with zero attached hydrogens (tertiary/aromatic N) is 1. The van der Waals surface area contributed by atoms with Gasteiger partial charge in [0.2, 0.25) is 10.0 Å². The van der Waals surface area contributed by atoms with Crippen molar-refractivity contribution in [3.63, 3.8) is 0 Å². The summed E-state index contributed by atoms with van der Waals surface area (Å²) in [7, 11) is -0.518. The van der Waals surface area contributed by atoms with Crippen LogP contribution in [0.3, 0.4) is 0 Å². The fraction of sp³-hybridized carbons (Fsp3) is 0.500. The first-order chi connectivity index (χ1) is 8.91. The Kier molecular flexibility index (Phi) is 5.71. The summed E-state index contributed by atoms with van der Waals surface area (Å²) in [6, 6.07) is 0. The van der Waals surface area contributed by atoms with Gasteiger partial charge in [-0.25, -0.2) is 17.1 Å². The number of sulfonamides is 1. The maximum atomic E-state index is 12.3. The lowest BCUT2D eigenvalue weighted by molar-refractivity contribution is 0.225. The van der Waals surface area contributed by atoms with Crippen LogP contribution in [0.15, 0.2) is 34.7 Å². The molecule has 0 heterocycles. The third kappa shape index (κ3) is 4.15. The molecular formula is C12H19FN2O3S. The molecule has 0 aromatic heterocycles. The van der Waals surface area contributed by atoms with Crippen molar-refractivity contribution < 1.29 is 17.5 Å². The predicted octanol–water partition coefficient (Wildman–Crippen LogP) is 1.27. The van der Waals surface area contributed by atoms with Crippen molar-refractivity contribution in [2.24, 2.45) is 5.73 Å². The third-order valence-electron chi connectivity index (χ3n) is 2.68. The fourth-order valence-corrected chi connectivity index (χ4v) is 2.50. The Morgan fingerprint density at radius 1 is 1.58 bits per heavy atom. The first kappa shape index (κ1) is 15.9. The summed E-state index contributed by atoms with van der Waals surface area (Å²) in [6.45, 7) is 0.108. The molecule has 0 fully saturated rings. The molecule has 5 nitrogen and oxygen atoms in total. The number of ether oxygens (including phenoxy) is 1. The molecule has 0 spiro atoms. The Hall–Kier alpha value is -1.18. The van der Waals surface area contributed by atoms with Crippen LogP contribution in [-0.2, 0) is 14.8 Å². The molecule has 7 heteroatoms. The molecule has 0 radical (unpaired) electrons. The molecule has 0 atom stereocenters. The van der Waals surface area contributed by atoms with Gasteiger partial charge in [-0.2, -0.15) is 0 Å². The number of hydrogen-bond acceptors (Lipinski definition) is 4. The van der Waals surface area contributed by atoms with Crippen LogP contribution < -0.4 is 5.73 Å². The molecule has 0 bridgehead atoms. The summed E-state index contributed by atoms with van der Waals surface area (Å²) in [5.41, 5.74) is 5.64. The molecule has 1 aliphatic carbocycles. The van der Waals surface area contributed by atoms with Crippen molar-refractivity contribution >= 4 is 10.0 Å². The van der Waals surface area contributed by atoms with E-state index in [9.17, 15) is 12.8 Å². The van der Waals surface area contributed by atoms with Gasteiger partial charge in [-0.1, -0.05) is 6.08 Å². The van der Waals surface area contributed by atoms with Gasteiger partial charge in [-0.15, -0.1) is 0 Å². The topological polar surface area (TPSA) is 72.6 Å². The lowest BCUT2D eigenvalue weighted by atomic mass is 10.1. The van der Waals surface area contributed by atoms with Crippen LogP contribution in [0.5, 0.6) is 0 Å². The lowest BCUT2D eigenvalue weighted by Crippen LogP contribution is -2.24. The minimum absolute atomic E-state index is 0.0358. The molecule has 0 aromatic rings. The molecule has 19 heavy (non-hydrogen) atoms. The Bertz CT molecular complexity index is 507. The van der Waals surface area contributed by atoms with Gasteiger partial charge in [-0.05, 0) is 12.5 Å². The number of halogens is 1. The zero-order valence-corrected chi connectivity index (χ0v) is 11.9. The summed E-state index contributed by atoms with van der Waals surface area (Å²) < 4.78 is 42.7. The number of allylic oxidation sites excluding steroid dienone is 3. The Morgan fingerprint density at radius 3 is 2.79 bits per heavy atom. The summed E-state index contributed by atoms with van der Waals surface area (Å²) >= 11 is 0. The fourth-order valence-electron chi connectivity index (χ4n) is 1.47. The number of hydrogen-bond donors (Lipinski definition) is 1. The van der Waals surface area contributed by atoms with Gasteiger partial charge >= 0.3 is 0 Å². The van der Waals surface area contributed by atoms with E-state index in [-0.39, 0.29) is 18.1 Å². The van der Waals surface area contributed by atoms with E-state index in [0.29, 0.717) is 30.5 Å². The molecule has 0 amide bonds. The van der Waals surface area contributed by atoms with E-state index in [1.807, 2.05) is 0 Å². The molecular weight excluding hydrogens is 271 g/mol. The van der Waals surface area contributed by atoms with Gasteiger partial charge in [0.15, 0.2) is 0 Å². The second kappa shape index (κ2) is 6.83. The first-order valence-corrected chi connectivity index (χ1v) is 7.30. The molecule has 1 aliphatic rings. The summed E-state index contributed by atoms with van der Waals surface area (Å²) in [4.78, 5) is 0.206. The molecule has 108 valence electrons. The Labute approximate surface area is 113 Å². The highest BCUT2D eigenvalue weighted by atomic mass is 32.2. The normalized spacial score (nSPS) is 17.2. The van der Waals surface area contributed by atoms with Gasteiger partial charge in [0.25, 0.3) is 0 Å². The van der Waals surface area contributed by atoms with Crippen molar-refractivity contribution in [3.05, 3.63) is 34.7 Å². The van der Waals surface area contributed by atoms with Gasteiger partial charge in [0.1, 0.15) is 6.61 Å². The van der Waals surface area contributed by atoms with E-state index in [0.717, 1.165) is 4.31 Å².